The highest BCUT2D eigenvalue weighted by molar-refractivity contribution is 7.99. The number of hydrogen-bond acceptors (Lipinski definition) is 2. The average Bonchev–Trinajstić information content (AvgIpc) is 2.15. The molecule has 2 heteroatoms. The SMILES string of the molecule is CCC(CCO)C1CCCCS1. The average molecular weight is 188 g/mol. The number of rotatable bonds is 4. The molecule has 1 fully saturated rings. The van der Waals surface area contributed by atoms with Crippen molar-refractivity contribution in [3.05, 3.63) is 0 Å². The van der Waals surface area contributed by atoms with Crippen molar-refractivity contribution in [3.63, 3.8) is 0 Å². The van der Waals surface area contributed by atoms with Crippen molar-refractivity contribution >= 4 is 11.8 Å². The van der Waals surface area contributed by atoms with Gasteiger partial charge in [-0.1, -0.05) is 19.8 Å². The van der Waals surface area contributed by atoms with Crippen LogP contribution < -0.4 is 0 Å². The Morgan fingerprint density at radius 1 is 1.50 bits per heavy atom. The highest BCUT2D eigenvalue weighted by Gasteiger charge is 2.21. The zero-order valence-electron chi connectivity index (χ0n) is 7.96. The van der Waals surface area contributed by atoms with E-state index < -0.39 is 0 Å². The van der Waals surface area contributed by atoms with Gasteiger partial charge in [-0.2, -0.15) is 11.8 Å². The van der Waals surface area contributed by atoms with E-state index >= 15 is 0 Å². The molecule has 0 radical (unpaired) electrons. The third-order valence-electron chi connectivity index (χ3n) is 2.76. The molecule has 2 unspecified atom stereocenters. The van der Waals surface area contributed by atoms with Crippen molar-refractivity contribution in [3.8, 4) is 0 Å². The minimum absolute atomic E-state index is 0.371. The molecular weight excluding hydrogens is 168 g/mol. The summed E-state index contributed by atoms with van der Waals surface area (Å²) in [6.07, 6.45) is 6.42. The van der Waals surface area contributed by atoms with Gasteiger partial charge < -0.3 is 5.11 Å². The molecule has 1 heterocycles. The van der Waals surface area contributed by atoms with E-state index in [1.54, 1.807) is 0 Å². The molecule has 1 rings (SSSR count). The molecule has 0 amide bonds. The molecule has 1 aliphatic rings. The molecule has 0 aromatic carbocycles. The van der Waals surface area contributed by atoms with Crippen LogP contribution in [0, 0.1) is 5.92 Å². The maximum atomic E-state index is 8.89. The van der Waals surface area contributed by atoms with Crippen molar-refractivity contribution < 1.29 is 5.11 Å². The van der Waals surface area contributed by atoms with E-state index in [2.05, 4.69) is 18.7 Å². The third-order valence-corrected chi connectivity index (χ3v) is 4.34. The normalized spacial score (nSPS) is 27.0. The van der Waals surface area contributed by atoms with Crippen LogP contribution >= 0.6 is 11.8 Å². The summed E-state index contributed by atoms with van der Waals surface area (Å²) in [4.78, 5) is 0. The zero-order chi connectivity index (χ0) is 8.81. The lowest BCUT2D eigenvalue weighted by molar-refractivity contribution is 0.249. The molecule has 1 nitrogen and oxygen atoms in total. The fourth-order valence-corrected chi connectivity index (χ4v) is 3.56. The summed E-state index contributed by atoms with van der Waals surface area (Å²) in [5.74, 6) is 2.10. The maximum Gasteiger partial charge on any atom is 0.0434 e. The molecular formula is C10H20OS. The van der Waals surface area contributed by atoms with Gasteiger partial charge in [0.1, 0.15) is 0 Å². The Kier molecular flexibility index (Phi) is 5.08. The van der Waals surface area contributed by atoms with Crippen LogP contribution in [-0.2, 0) is 0 Å². The third kappa shape index (κ3) is 2.98. The van der Waals surface area contributed by atoms with Crippen molar-refractivity contribution in [1.29, 1.82) is 0 Å². The van der Waals surface area contributed by atoms with Crippen molar-refractivity contribution in [2.24, 2.45) is 5.92 Å². The van der Waals surface area contributed by atoms with E-state index in [0.717, 1.165) is 17.6 Å². The first-order chi connectivity index (χ1) is 5.88. The minimum atomic E-state index is 0.371. The molecule has 0 aromatic heterocycles. The summed E-state index contributed by atoms with van der Waals surface area (Å²) in [5.41, 5.74) is 0. The van der Waals surface area contributed by atoms with Gasteiger partial charge in [0.25, 0.3) is 0 Å². The quantitative estimate of drug-likeness (QED) is 0.732. The van der Waals surface area contributed by atoms with Gasteiger partial charge in [0.05, 0.1) is 0 Å². The molecule has 1 aliphatic heterocycles. The molecule has 72 valence electrons. The molecule has 2 atom stereocenters. The molecule has 0 spiro atoms. The van der Waals surface area contributed by atoms with Crippen LogP contribution in [0.1, 0.15) is 39.0 Å². The van der Waals surface area contributed by atoms with Crippen LogP contribution in [0.3, 0.4) is 0 Å². The predicted octanol–water partition coefficient (Wildman–Crippen LogP) is 2.68. The van der Waals surface area contributed by atoms with Gasteiger partial charge in [-0.05, 0) is 30.9 Å². The Bertz CT molecular complexity index is 108. The van der Waals surface area contributed by atoms with Gasteiger partial charge in [0.15, 0.2) is 0 Å². The largest absolute Gasteiger partial charge is 0.396 e. The topological polar surface area (TPSA) is 20.2 Å². The molecule has 0 aromatic rings. The standard InChI is InChI=1S/C10H20OS/c1-2-9(6-7-11)10-5-3-4-8-12-10/h9-11H,2-8H2,1H3. The summed E-state index contributed by atoms with van der Waals surface area (Å²) in [7, 11) is 0. The van der Waals surface area contributed by atoms with Crippen LogP contribution in [0.4, 0.5) is 0 Å². The molecule has 0 saturated carbocycles. The summed E-state index contributed by atoms with van der Waals surface area (Å²) >= 11 is 2.12. The van der Waals surface area contributed by atoms with Crippen LogP contribution in [0.2, 0.25) is 0 Å². The van der Waals surface area contributed by atoms with Crippen molar-refractivity contribution in [1.82, 2.24) is 0 Å². The van der Waals surface area contributed by atoms with Crippen LogP contribution in [-0.4, -0.2) is 22.7 Å². The molecule has 12 heavy (non-hydrogen) atoms. The van der Waals surface area contributed by atoms with E-state index in [4.69, 9.17) is 5.11 Å². The molecule has 1 N–H and O–H groups in total. The monoisotopic (exact) mass is 188 g/mol. The highest BCUT2D eigenvalue weighted by atomic mass is 32.2. The Morgan fingerprint density at radius 2 is 2.33 bits per heavy atom. The van der Waals surface area contributed by atoms with E-state index in [1.807, 2.05) is 0 Å². The first-order valence-electron chi connectivity index (χ1n) is 5.11. The number of aliphatic hydroxyl groups is 1. The van der Waals surface area contributed by atoms with E-state index in [9.17, 15) is 0 Å². The lowest BCUT2D eigenvalue weighted by Crippen LogP contribution is -2.21. The van der Waals surface area contributed by atoms with Gasteiger partial charge in [-0.3, -0.25) is 0 Å². The zero-order valence-corrected chi connectivity index (χ0v) is 8.78. The molecule has 1 saturated heterocycles. The first-order valence-corrected chi connectivity index (χ1v) is 6.15. The molecule has 0 bridgehead atoms. The second-order valence-corrected chi connectivity index (χ2v) is 4.93. The van der Waals surface area contributed by atoms with E-state index in [-0.39, 0.29) is 0 Å². The lowest BCUT2D eigenvalue weighted by atomic mass is 9.95. The summed E-state index contributed by atoms with van der Waals surface area (Å²) in [6, 6.07) is 0. The van der Waals surface area contributed by atoms with Gasteiger partial charge in [0.2, 0.25) is 0 Å². The summed E-state index contributed by atoms with van der Waals surface area (Å²) < 4.78 is 0. The lowest BCUT2D eigenvalue weighted by Gasteiger charge is -2.28. The summed E-state index contributed by atoms with van der Waals surface area (Å²) in [5, 5.41) is 9.73. The van der Waals surface area contributed by atoms with Gasteiger partial charge in [0, 0.05) is 11.9 Å². The molecule has 0 aliphatic carbocycles. The second kappa shape index (κ2) is 5.87. The Morgan fingerprint density at radius 3 is 2.83 bits per heavy atom. The Hall–Kier alpha value is 0.310. The summed E-state index contributed by atoms with van der Waals surface area (Å²) in [6.45, 7) is 2.62. The van der Waals surface area contributed by atoms with Crippen LogP contribution in [0.15, 0.2) is 0 Å². The minimum Gasteiger partial charge on any atom is -0.396 e. The van der Waals surface area contributed by atoms with Gasteiger partial charge in [-0.25, -0.2) is 0 Å². The Labute approximate surface area is 79.9 Å². The van der Waals surface area contributed by atoms with E-state index in [1.165, 1.54) is 31.4 Å². The predicted molar refractivity (Wildman–Crippen MR) is 55.6 cm³/mol. The Balaban J connectivity index is 2.29. The number of hydrogen-bond donors (Lipinski definition) is 1. The van der Waals surface area contributed by atoms with Crippen molar-refractivity contribution in [2.75, 3.05) is 12.4 Å². The second-order valence-electron chi connectivity index (χ2n) is 3.59. The highest BCUT2D eigenvalue weighted by Crippen LogP contribution is 2.33. The van der Waals surface area contributed by atoms with Gasteiger partial charge >= 0.3 is 0 Å². The number of aliphatic hydroxyl groups excluding tert-OH is 1. The number of thioether (sulfide) groups is 1. The van der Waals surface area contributed by atoms with Gasteiger partial charge in [-0.15, -0.1) is 0 Å². The fourth-order valence-electron chi connectivity index (χ4n) is 1.96. The maximum absolute atomic E-state index is 8.89. The van der Waals surface area contributed by atoms with Crippen LogP contribution in [0.5, 0.6) is 0 Å². The first kappa shape index (κ1) is 10.4. The van der Waals surface area contributed by atoms with Crippen LogP contribution in [0.25, 0.3) is 0 Å². The fraction of sp³-hybridized carbons (Fsp3) is 1.00. The van der Waals surface area contributed by atoms with Crippen molar-refractivity contribution in [2.45, 2.75) is 44.3 Å². The smallest absolute Gasteiger partial charge is 0.0434 e. The van der Waals surface area contributed by atoms with E-state index in [0.29, 0.717) is 6.61 Å².